The third-order valence-electron chi connectivity index (χ3n) is 5.68. The molecule has 1 saturated carbocycles. The van der Waals surface area contributed by atoms with E-state index in [4.69, 9.17) is 5.26 Å². The summed E-state index contributed by atoms with van der Waals surface area (Å²) in [5.41, 5.74) is 7.55. The zero-order valence-electron chi connectivity index (χ0n) is 17.6. The van der Waals surface area contributed by atoms with Crippen LogP contribution in [0.3, 0.4) is 0 Å². The molecule has 0 saturated heterocycles. The van der Waals surface area contributed by atoms with E-state index in [2.05, 4.69) is 58.3 Å². The van der Waals surface area contributed by atoms with Crippen molar-refractivity contribution in [1.29, 1.82) is 5.26 Å². The lowest BCUT2D eigenvalue weighted by molar-refractivity contribution is 0.469. The standard InChI is InChI=1S/C27H26N4/c1-20(25-6-3-13-29-19-25)31-26-10-7-21(8-11-26)14-22-4-2-5-23(15-22)16-27-12-9-24(17-28)18-30-27/h2-6,9,12-15,18-19,26,31H,1,7-8,10-11,16H2. The van der Waals surface area contributed by atoms with Gasteiger partial charge in [0.25, 0.3) is 0 Å². The minimum absolute atomic E-state index is 0.457. The van der Waals surface area contributed by atoms with Crippen molar-refractivity contribution < 1.29 is 0 Å². The van der Waals surface area contributed by atoms with Gasteiger partial charge in [0.1, 0.15) is 6.07 Å². The van der Waals surface area contributed by atoms with Gasteiger partial charge in [-0.05, 0) is 61.1 Å². The van der Waals surface area contributed by atoms with Crippen LogP contribution >= 0.6 is 0 Å². The molecule has 1 aliphatic rings. The van der Waals surface area contributed by atoms with Crippen LogP contribution in [-0.4, -0.2) is 16.0 Å². The predicted molar refractivity (Wildman–Crippen MR) is 125 cm³/mol. The minimum atomic E-state index is 0.457. The summed E-state index contributed by atoms with van der Waals surface area (Å²) in [6, 6.07) is 18.9. The first-order valence-corrected chi connectivity index (χ1v) is 10.7. The van der Waals surface area contributed by atoms with Crippen LogP contribution < -0.4 is 5.32 Å². The molecule has 1 N–H and O–H groups in total. The highest BCUT2D eigenvalue weighted by Crippen LogP contribution is 2.27. The van der Waals surface area contributed by atoms with E-state index >= 15 is 0 Å². The van der Waals surface area contributed by atoms with Gasteiger partial charge in [0.15, 0.2) is 0 Å². The Morgan fingerprint density at radius 3 is 2.71 bits per heavy atom. The van der Waals surface area contributed by atoms with Gasteiger partial charge in [-0.15, -0.1) is 0 Å². The number of rotatable bonds is 6. The third-order valence-corrected chi connectivity index (χ3v) is 5.68. The highest BCUT2D eigenvalue weighted by molar-refractivity contribution is 5.61. The summed E-state index contributed by atoms with van der Waals surface area (Å²) in [7, 11) is 0. The predicted octanol–water partition coefficient (Wildman–Crippen LogP) is 5.53. The van der Waals surface area contributed by atoms with Gasteiger partial charge in [0, 0.05) is 48.0 Å². The van der Waals surface area contributed by atoms with E-state index in [1.54, 1.807) is 12.4 Å². The molecular formula is C27H26N4. The van der Waals surface area contributed by atoms with E-state index in [9.17, 15) is 0 Å². The SMILES string of the molecule is C=C(NC1CCC(=Cc2cccc(Cc3ccc(C#N)cn3)c2)CC1)c1cccnc1. The average Bonchev–Trinajstić information content (AvgIpc) is 2.82. The molecule has 0 radical (unpaired) electrons. The van der Waals surface area contributed by atoms with Crippen molar-refractivity contribution in [3.8, 4) is 6.07 Å². The Labute approximate surface area is 184 Å². The maximum atomic E-state index is 8.91. The van der Waals surface area contributed by atoms with Crippen LogP contribution in [0.2, 0.25) is 0 Å². The van der Waals surface area contributed by atoms with Gasteiger partial charge in [-0.3, -0.25) is 9.97 Å². The number of aromatic nitrogens is 2. The lowest BCUT2D eigenvalue weighted by atomic mass is 9.89. The number of hydrogen-bond donors (Lipinski definition) is 1. The van der Waals surface area contributed by atoms with Crippen molar-refractivity contribution in [3.05, 3.63) is 107 Å². The summed E-state index contributed by atoms with van der Waals surface area (Å²) < 4.78 is 0. The van der Waals surface area contributed by atoms with Gasteiger partial charge < -0.3 is 5.32 Å². The van der Waals surface area contributed by atoms with Crippen LogP contribution in [0.1, 0.15) is 53.6 Å². The topological polar surface area (TPSA) is 61.6 Å². The number of hydrogen-bond acceptors (Lipinski definition) is 4. The highest BCUT2D eigenvalue weighted by Gasteiger charge is 2.17. The number of nitrogens with one attached hydrogen (secondary N) is 1. The van der Waals surface area contributed by atoms with Crippen LogP contribution in [0, 0.1) is 11.3 Å². The molecule has 1 aromatic carbocycles. The van der Waals surface area contributed by atoms with E-state index in [-0.39, 0.29) is 0 Å². The summed E-state index contributed by atoms with van der Waals surface area (Å²) in [5, 5.41) is 12.5. The molecule has 154 valence electrons. The van der Waals surface area contributed by atoms with Crippen molar-refractivity contribution in [2.75, 3.05) is 0 Å². The molecule has 2 heterocycles. The summed E-state index contributed by atoms with van der Waals surface area (Å²) in [6.07, 6.45) is 12.8. The van der Waals surface area contributed by atoms with E-state index < -0.39 is 0 Å². The van der Waals surface area contributed by atoms with Crippen LogP contribution in [0.15, 0.2) is 79.3 Å². The summed E-state index contributed by atoms with van der Waals surface area (Å²) in [6.45, 7) is 4.17. The molecule has 4 rings (SSSR count). The average molecular weight is 407 g/mol. The fourth-order valence-corrected chi connectivity index (χ4v) is 3.98. The van der Waals surface area contributed by atoms with Gasteiger partial charge in [-0.2, -0.15) is 5.26 Å². The molecule has 4 nitrogen and oxygen atoms in total. The Hall–Kier alpha value is -3.71. The van der Waals surface area contributed by atoms with Crippen LogP contribution in [0.25, 0.3) is 11.8 Å². The lowest BCUT2D eigenvalue weighted by Gasteiger charge is -2.27. The van der Waals surface area contributed by atoms with Gasteiger partial charge in [-0.1, -0.05) is 42.5 Å². The molecule has 31 heavy (non-hydrogen) atoms. The Morgan fingerprint density at radius 2 is 2.00 bits per heavy atom. The Bertz CT molecular complexity index is 1100. The second-order valence-corrected chi connectivity index (χ2v) is 8.01. The van der Waals surface area contributed by atoms with Crippen molar-refractivity contribution in [2.24, 2.45) is 0 Å². The maximum Gasteiger partial charge on any atom is 0.101 e. The van der Waals surface area contributed by atoms with Crippen molar-refractivity contribution >= 4 is 11.8 Å². The van der Waals surface area contributed by atoms with Crippen LogP contribution in [0.4, 0.5) is 0 Å². The van der Waals surface area contributed by atoms with E-state index in [0.29, 0.717) is 11.6 Å². The smallest absolute Gasteiger partial charge is 0.101 e. The molecule has 4 heteroatoms. The van der Waals surface area contributed by atoms with Crippen LogP contribution in [-0.2, 0) is 6.42 Å². The van der Waals surface area contributed by atoms with Crippen molar-refractivity contribution in [3.63, 3.8) is 0 Å². The minimum Gasteiger partial charge on any atom is -0.382 e. The molecule has 1 fully saturated rings. The second-order valence-electron chi connectivity index (χ2n) is 8.01. The lowest BCUT2D eigenvalue weighted by Crippen LogP contribution is -2.29. The monoisotopic (exact) mass is 406 g/mol. The first-order valence-electron chi connectivity index (χ1n) is 10.7. The van der Waals surface area contributed by atoms with E-state index in [1.807, 2.05) is 30.5 Å². The Balaban J connectivity index is 1.34. The van der Waals surface area contributed by atoms with Crippen molar-refractivity contribution in [2.45, 2.75) is 38.1 Å². The molecule has 0 unspecified atom stereocenters. The Kier molecular flexibility index (Phi) is 6.54. The fraction of sp³-hybridized carbons (Fsp3) is 0.222. The van der Waals surface area contributed by atoms with Gasteiger partial charge >= 0.3 is 0 Å². The summed E-state index contributed by atoms with van der Waals surface area (Å²) >= 11 is 0. The number of allylic oxidation sites excluding steroid dienone is 1. The largest absolute Gasteiger partial charge is 0.382 e. The molecule has 0 aliphatic heterocycles. The first-order chi connectivity index (χ1) is 15.2. The zero-order chi connectivity index (χ0) is 21.5. The van der Waals surface area contributed by atoms with E-state index in [0.717, 1.165) is 49.1 Å². The Morgan fingerprint density at radius 1 is 1.13 bits per heavy atom. The van der Waals surface area contributed by atoms with Gasteiger partial charge in [0.2, 0.25) is 0 Å². The number of benzene rings is 1. The molecule has 0 spiro atoms. The zero-order valence-corrected chi connectivity index (χ0v) is 17.6. The molecule has 0 atom stereocenters. The third kappa shape index (κ3) is 5.67. The summed E-state index contributed by atoms with van der Waals surface area (Å²) in [5.74, 6) is 0. The first kappa shape index (κ1) is 20.6. The molecule has 1 aliphatic carbocycles. The number of pyridine rings is 2. The molecule has 0 bridgehead atoms. The summed E-state index contributed by atoms with van der Waals surface area (Å²) in [4.78, 5) is 8.56. The van der Waals surface area contributed by atoms with E-state index in [1.165, 1.54) is 16.7 Å². The maximum absolute atomic E-state index is 8.91. The molecule has 2 aromatic heterocycles. The van der Waals surface area contributed by atoms with Crippen LogP contribution in [0.5, 0.6) is 0 Å². The normalized spacial score (nSPS) is 15.7. The highest BCUT2D eigenvalue weighted by atomic mass is 14.9. The quantitative estimate of drug-likeness (QED) is 0.585. The molecule has 3 aromatic rings. The van der Waals surface area contributed by atoms with Gasteiger partial charge in [-0.25, -0.2) is 0 Å². The number of nitrogens with zero attached hydrogens (tertiary/aromatic N) is 3. The van der Waals surface area contributed by atoms with Gasteiger partial charge in [0.05, 0.1) is 5.56 Å². The number of nitriles is 1. The van der Waals surface area contributed by atoms with Crippen molar-refractivity contribution in [1.82, 2.24) is 15.3 Å². The molecular weight excluding hydrogens is 380 g/mol. The fourth-order valence-electron chi connectivity index (χ4n) is 3.98. The molecule has 0 amide bonds. The second kappa shape index (κ2) is 9.86.